The Kier molecular flexibility index (Phi) is 6.45. The summed E-state index contributed by atoms with van der Waals surface area (Å²) in [6.07, 6.45) is 0.808. The maximum absolute atomic E-state index is 13.2. The van der Waals surface area contributed by atoms with Crippen LogP contribution in [0.3, 0.4) is 0 Å². The highest BCUT2D eigenvalue weighted by atomic mass is 32.2. The maximum Gasteiger partial charge on any atom is 0.262 e. The van der Waals surface area contributed by atoms with Crippen LogP contribution < -0.4 is 16.6 Å². The molecule has 1 unspecified atom stereocenters. The Morgan fingerprint density at radius 1 is 1.23 bits per heavy atom. The van der Waals surface area contributed by atoms with E-state index in [0.717, 1.165) is 18.2 Å². The van der Waals surface area contributed by atoms with E-state index in [2.05, 4.69) is 15.5 Å². The van der Waals surface area contributed by atoms with Crippen molar-refractivity contribution >= 4 is 40.3 Å². The smallest absolute Gasteiger partial charge is 0.262 e. The topological polar surface area (TPSA) is 124 Å². The first-order chi connectivity index (χ1) is 14.2. The van der Waals surface area contributed by atoms with Gasteiger partial charge in [-0.05, 0) is 37.5 Å². The van der Waals surface area contributed by atoms with Gasteiger partial charge in [-0.15, -0.1) is 10.2 Å². The van der Waals surface area contributed by atoms with Crippen molar-refractivity contribution in [2.75, 3.05) is 5.75 Å². The molecule has 10 heteroatoms. The summed E-state index contributed by atoms with van der Waals surface area (Å²) >= 11 is 1.14. The average molecular weight is 431 g/mol. The van der Waals surface area contributed by atoms with Gasteiger partial charge >= 0.3 is 0 Å². The second kappa shape index (κ2) is 8.86. The van der Waals surface area contributed by atoms with Gasteiger partial charge in [-0.2, -0.15) is 0 Å². The zero-order chi connectivity index (χ0) is 22.0. The molecule has 1 atom stereocenters. The van der Waals surface area contributed by atoms with Gasteiger partial charge in [0.05, 0.1) is 16.7 Å². The molecule has 3 N–H and O–H groups in total. The summed E-state index contributed by atoms with van der Waals surface area (Å²) in [5.41, 5.74) is 6.04. The maximum atomic E-state index is 13.2. The lowest BCUT2D eigenvalue weighted by Crippen LogP contribution is -2.32. The molecule has 2 aromatic heterocycles. The molecule has 0 fully saturated rings. The number of amides is 2. The minimum Gasteiger partial charge on any atom is -0.369 e. The summed E-state index contributed by atoms with van der Waals surface area (Å²) in [6.45, 7) is 8.40. The first-order valence-corrected chi connectivity index (χ1v) is 10.8. The predicted molar refractivity (Wildman–Crippen MR) is 117 cm³/mol. The van der Waals surface area contributed by atoms with E-state index >= 15 is 0 Å². The lowest BCUT2D eigenvalue weighted by atomic mass is 10.1. The molecular formula is C20H26N6O3S. The average Bonchev–Trinajstić information content (AvgIpc) is 3.12. The normalized spacial score (nSPS) is 12.6. The van der Waals surface area contributed by atoms with Crippen LogP contribution in [0.15, 0.2) is 28.2 Å². The van der Waals surface area contributed by atoms with Gasteiger partial charge in [-0.25, -0.2) is 0 Å². The molecule has 2 amide bonds. The molecule has 0 bridgehead atoms. The molecule has 30 heavy (non-hydrogen) atoms. The summed E-state index contributed by atoms with van der Waals surface area (Å²) in [5, 5.41) is 12.2. The zero-order valence-electron chi connectivity index (χ0n) is 17.5. The third-order valence-electron chi connectivity index (χ3n) is 4.72. The van der Waals surface area contributed by atoms with Gasteiger partial charge in [0.15, 0.2) is 5.16 Å². The molecule has 2 heterocycles. The van der Waals surface area contributed by atoms with Crippen molar-refractivity contribution in [3.63, 3.8) is 0 Å². The molecule has 0 spiro atoms. The van der Waals surface area contributed by atoms with Crippen molar-refractivity contribution < 1.29 is 9.59 Å². The van der Waals surface area contributed by atoms with Crippen LogP contribution in [0.2, 0.25) is 0 Å². The molecule has 160 valence electrons. The second-order valence-corrected chi connectivity index (χ2v) is 8.64. The van der Waals surface area contributed by atoms with E-state index in [9.17, 15) is 14.4 Å². The molecular weight excluding hydrogens is 404 g/mol. The molecule has 0 radical (unpaired) electrons. The van der Waals surface area contributed by atoms with Crippen LogP contribution in [0, 0.1) is 5.92 Å². The molecule has 0 aliphatic rings. The molecule has 0 saturated carbocycles. The summed E-state index contributed by atoms with van der Waals surface area (Å²) in [4.78, 5) is 37.1. The summed E-state index contributed by atoms with van der Waals surface area (Å²) in [6, 6.07) is 5.00. The minimum absolute atomic E-state index is 0.0276. The number of hydrogen-bond acceptors (Lipinski definition) is 6. The Labute approximate surface area is 178 Å². The van der Waals surface area contributed by atoms with Crippen LogP contribution in [-0.2, 0) is 11.3 Å². The number of primary amides is 1. The zero-order valence-corrected chi connectivity index (χ0v) is 18.3. The number of aromatic nitrogens is 4. The first-order valence-electron chi connectivity index (χ1n) is 9.86. The number of nitrogens with one attached hydrogen (secondary N) is 1. The molecule has 0 aliphatic heterocycles. The number of fused-ring (bicyclic) bond motifs is 3. The molecule has 0 saturated heterocycles. The highest BCUT2D eigenvalue weighted by Gasteiger charge is 2.19. The number of benzene rings is 1. The molecule has 1 aromatic carbocycles. The quantitative estimate of drug-likeness (QED) is 0.525. The Morgan fingerprint density at radius 3 is 2.60 bits per heavy atom. The third kappa shape index (κ3) is 4.33. The van der Waals surface area contributed by atoms with Crippen molar-refractivity contribution in [3.8, 4) is 0 Å². The molecule has 3 aromatic rings. The largest absolute Gasteiger partial charge is 0.369 e. The van der Waals surface area contributed by atoms with E-state index in [-0.39, 0.29) is 29.2 Å². The number of nitrogens with zero attached hydrogens (tertiary/aromatic N) is 4. The lowest BCUT2D eigenvalue weighted by Gasteiger charge is -2.15. The number of nitrogens with two attached hydrogens (primary N) is 1. The highest BCUT2D eigenvalue weighted by molar-refractivity contribution is 7.99. The number of carbonyl (C=O) groups is 2. The molecule has 3 rings (SSSR count). The predicted octanol–water partition coefficient (Wildman–Crippen LogP) is 1.81. The van der Waals surface area contributed by atoms with Crippen LogP contribution in [0.4, 0.5) is 0 Å². The molecule has 0 aliphatic carbocycles. The number of hydrogen-bond donors (Lipinski definition) is 2. The van der Waals surface area contributed by atoms with Gasteiger partial charge in [-0.1, -0.05) is 32.5 Å². The van der Waals surface area contributed by atoms with Crippen molar-refractivity contribution in [3.05, 3.63) is 34.1 Å². The van der Waals surface area contributed by atoms with E-state index in [4.69, 9.17) is 5.73 Å². The van der Waals surface area contributed by atoms with Crippen LogP contribution in [-0.4, -0.2) is 42.8 Å². The summed E-state index contributed by atoms with van der Waals surface area (Å²) < 4.78 is 3.29. The van der Waals surface area contributed by atoms with Crippen molar-refractivity contribution in [2.45, 2.75) is 51.9 Å². The van der Waals surface area contributed by atoms with E-state index in [1.165, 1.54) is 0 Å². The minimum atomic E-state index is -0.481. The number of thioether (sulfide) groups is 1. The van der Waals surface area contributed by atoms with Crippen LogP contribution in [0.25, 0.3) is 16.7 Å². The summed E-state index contributed by atoms with van der Waals surface area (Å²) in [5.74, 6) is -0.0919. The number of carbonyl (C=O) groups excluding carboxylic acids is 2. The fourth-order valence-corrected chi connectivity index (χ4v) is 3.77. The Morgan fingerprint density at radius 2 is 1.97 bits per heavy atom. The van der Waals surface area contributed by atoms with E-state index in [1.807, 2.05) is 27.7 Å². The van der Waals surface area contributed by atoms with Crippen molar-refractivity contribution in [1.29, 1.82) is 0 Å². The van der Waals surface area contributed by atoms with Crippen molar-refractivity contribution in [2.24, 2.45) is 11.7 Å². The Hall–Kier alpha value is -2.88. The first kappa shape index (κ1) is 21.8. The van der Waals surface area contributed by atoms with Gasteiger partial charge in [0, 0.05) is 18.2 Å². The van der Waals surface area contributed by atoms with Crippen LogP contribution in [0.5, 0.6) is 0 Å². The molecule has 9 nitrogen and oxygen atoms in total. The fraction of sp³-hybridized carbons (Fsp3) is 0.450. The van der Waals surface area contributed by atoms with E-state index < -0.39 is 5.91 Å². The Bertz CT molecular complexity index is 1170. The van der Waals surface area contributed by atoms with Crippen LogP contribution in [0.1, 0.15) is 44.5 Å². The van der Waals surface area contributed by atoms with Gasteiger partial charge in [0.1, 0.15) is 0 Å². The van der Waals surface area contributed by atoms with Gasteiger partial charge in [0.2, 0.25) is 11.7 Å². The highest BCUT2D eigenvalue weighted by Crippen LogP contribution is 2.23. The van der Waals surface area contributed by atoms with Crippen LogP contribution >= 0.6 is 11.8 Å². The SMILES string of the molecule is CCC(C)NC(=O)c1ccc2c(=O)n(CC(C)C)c3nnc(SCC(N)=O)n3c2c1. The lowest BCUT2D eigenvalue weighted by molar-refractivity contribution is -0.115. The van der Waals surface area contributed by atoms with Gasteiger partial charge < -0.3 is 11.1 Å². The second-order valence-electron chi connectivity index (χ2n) is 7.70. The monoisotopic (exact) mass is 430 g/mol. The Balaban J connectivity index is 2.25. The third-order valence-corrected chi connectivity index (χ3v) is 5.67. The summed E-state index contributed by atoms with van der Waals surface area (Å²) in [7, 11) is 0. The van der Waals surface area contributed by atoms with Gasteiger partial charge in [0.25, 0.3) is 11.5 Å². The van der Waals surface area contributed by atoms with Crippen molar-refractivity contribution in [1.82, 2.24) is 24.5 Å². The fourth-order valence-electron chi connectivity index (χ4n) is 3.09. The standard InChI is InChI=1S/C20H26N6O3S/c1-5-12(4)22-17(28)13-6-7-14-15(8-13)26-19(25(18(14)29)9-11(2)3)23-24-20(26)30-10-16(21)27/h6-8,11-12H,5,9-10H2,1-4H3,(H2,21,27)(H,22,28). The number of rotatable bonds is 8. The van der Waals surface area contributed by atoms with Gasteiger partial charge in [-0.3, -0.25) is 23.4 Å². The van der Waals surface area contributed by atoms with E-state index in [0.29, 0.717) is 33.9 Å². The van der Waals surface area contributed by atoms with E-state index in [1.54, 1.807) is 27.2 Å².